The fraction of sp³-hybridized carbons (Fsp3) is 0.125. The van der Waals surface area contributed by atoms with Crippen molar-refractivity contribution in [3.63, 3.8) is 0 Å². The van der Waals surface area contributed by atoms with Crippen molar-refractivity contribution in [2.45, 2.75) is 13.0 Å². The second kappa shape index (κ2) is 6.59. The van der Waals surface area contributed by atoms with Crippen molar-refractivity contribution in [1.29, 1.82) is 0 Å². The van der Waals surface area contributed by atoms with Gasteiger partial charge in [-0.3, -0.25) is 4.79 Å². The summed E-state index contributed by atoms with van der Waals surface area (Å²) in [6.07, 6.45) is 0. The van der Waals surface area contributed by atoms with Crippen molar-refractivity contribution in [2.75, 3.05) is 10.6 Å². The van der Waals surface area contributed by atoms with Crippen molar-refractivity contribution in [3.05, 3.63) is 56.9 Å². The van der Waals surface area contributed by atoms with Crippen LogP contribution in [0.4, 0.5) is 11.4 Å². The minimum atomic E-state index is -0.525. The van der Waals surface area contributed by atoms with Gasteiger partial charge < -0.3 is 20.6 Å². The zero-order valence-electron chi connectivity index (χ0n) is 12.6. The van der Waals surface area contributed by atoms with Crippen LogP contribution in [0.2, 0.25) is 10.0 Å². The first-order valence-electron chi connectivity index (χ1n) is 7.17. The third-order valence-electron chi connectivity index (χ3n) is 3.50. The Labute approximate surface area is 147 Å². The first kappa shape index (κ1) is 16.4. The van der Waals surface area contributed by atoms with Gasteiger partial charge in [0.2, 0.25) is 5.91 Å². The second-order valence-corrected chi connectivity index (χ2v) is 6.08. The minimum absolute atomic E-state index is 0.262. The van der Waals surface area contributed by atoms with Gasteiger partial charge in [0.1, 0.15) is 6.04 Å². The Morgan fingerprint density at radius 2 is 1.88 bits per heavy atom. The molecular weight excluding hydrogens is 351 g/mol. The zero-order chi connectivity index (χ0) is 17.3. The number of anilines is 2. The number of aromatic nitrogens is 2. The monoisotopic (exact) mass is 364 g/mol. The van der Waals surface area contributed by atoms with E-state index in [1.54, 1.807) is 43.3 Å². The SMILES string of the molecule is CC(Nc1ccc2[nH]c(=O)[nH]c2c1)C(=O)Nc1cccc(Cl)c1Cl. The summed E-state index contributed by atoms with van der Waals surface area (Å²) in [6.45, 7) is 1.72. The summed E-state index contributed by atoms with van der Waals surface area (Å²) in [6, 6.07) is 9.80. The number of hydrogen-bond acceptors (Lipinski definition) is 3. The van der Waals surface area contributed by atoms with Gasteiger partial charge in [0, 0.05) is 5.69 Å². The topological polar surface area (TPSA) is 89.8 Å². The van der Waals surface area contributed by atoms with Crippen molar-refractivity contribution in [3.8, 4) is 0 Å². The number of hydrogen-bond donors (Lipinski definition) is 4. The molecule has 6 nitrogen and oxygen atoms in total. The highest BCUT2D eigenvalue weighted by atomic mass is 35.5. The first-order chi connectivity index (χ1) is 11.4. The Morgan fingerprint density at radius 3 is 2.67 bits per heavy atom. The molecule has 0 aliphatic heterocycles. The van der Waals surface area contributed by atoms with Gasteiger partial charge in [0.15, 0.2) is 0 Å². The van der Waals surface area contributed by atoms with E-state index in [0.717, 1.165) is 0 Å². The number of carbonyl (C=O) groups is 1. The maximum absolute atomic E-state index is 12.3. The summed E-state index contributed by atoms with van der Waals surface area (Å²) in [5, 5.41) is 6.47. The van der Waals surface area contributed by atoms with E-state index in [9.17, 15) is 9.59 Å². The number of aromatic amines is 2. The first-order valence-corrected chi connectivity index (χ1v) is 7.93. The van der Waals surface area contributed by atoms with Crippen LogP contribution in [-0.2, 0) is 4.79 Å². The molecule has 24 heavy (non-hydrogen) atoms. The van der Waals surface area contributed by atoms with Crippen LogP contribution in [0.15, 0.2) is 41.2 Å². The molecule has 1 atom stereocenters. The number of amides is 1. The smallest absolute Gasteiger partial charge is 0.323 e. The third-order valence-corrected chi connectivity index (χ3v) is 4.32. The second-order valence-electron chi connectivity index (χ2n) is 5.30. The summed E-state index contributed by atoms with van der Waals surface area (Å²) in [4.78, 5) is 28.9. The van der Waals surface area contributed by atoms with E-state index < -0.39 is 6.04 Å². The van der Waals surface area contributed by atoms with E-state index in [0.29, 0.717) is 32.5 Å². The molecule has 1 heterocycles. The van der Waals surface area contributed by atoms with Gasteiger partial charge in [0.05, 0.1) is 26.8 Å². The third kappa shape index (κ3) is 3.39. The molecule has 3 rings (SSSR count). The fourth-order valence-corrected chi connectivity index (χ4v) is 2.63. The molecule has 4 N–H and O–H groups in total. The molecule has 2 aromatic carbocycles. The molecule has 1 aromatic heterocycles. The molecule has 0 aliphatic rings. The summed E-state index contributed by atoms with van der Waals surface area (Å²) < 4.78 is 0. The van der Waals surface area contributed by atoms with Crippen LogP contribution in [0.1, 0.15) is 6.92 Å². The summed E-state index contributed by atoms with van der Waals surface area (Å²) >= 11 is 12.0. The van der Waals surface area contributed by atoms with E-state index in [-0.39, 0.29) is 11.6 Å². The van der Waals surface area contributed by atoms with Crippen LogP contribution < -0.4 is 16.3 Å². The largest absolute Gasteiger partial charge is 0.374 e. The van der Waals surface area contributed by atoms with Crippen molar-refractivity contribution in [1.82, 2.24) is 9.97 Å². The van der Waals surface area contributed by atoms with E-state index in [2.05, 4.69) is 20.6 Å². The summed E-state index contributed by atoms with van der Waals surface area (Å²) in [5.41, 5.74) is 2.25. The lowest BCUT2D eigenvalue weighted by Crippen LogP contribution is -2.31. The lowest BCUT2D eigenvalue weighted by molar-refractivity contribution is -0.116. The molecule has 1 amide bonds. The number of imidazole rings is 1. The predicted molar refractivity (Wildman–Crippen MR) is 97.1 cm³/mol. The Hall–Kier alpha value is -2.44. The maximum Gasteiger partial charge on any atom is 0.323 e. The highest BCUT2D eigenvalue weighted by Crippen LogP contribution is 2.29. The van der Waals surface area contributed by atoms with Crippen molar-refractivity contribution in [2.24, 2.45) is 0 Å². The van der Waals surface area contributed by atoms with E-state index in [4.69, 9.17) is 23.2 Å². The quantitative estimate of drug-likeness (QED) is 0.570. The van der Waals surface area contributed by atoms with Crippen molar-refractivity contribution < 1.29 is 4.79 Å². The van der Waals surface area contributed by atoms with Gasteiger partial charge in [-0.25, -0.2) is 4.79 Å². The number of nitrogens with one attached hydrogen (secondary N) is 4. The van der Waals surface area contributed by atoms with E-state index in [1.807, 2.05) is 0 Å². The number of carbonyl (C=O) groups excluding carboxylic acids is 1. The molecule has 0 radical (unpaired) electrons. The van der Waals surface area contributed by atoms with Crippen LogP contribution in [0, 0.1) is 0 Å². The zero-order valence-corrected chi connectivity index (χ0v) is 14.1. The summed E-state index contributed by atoms with van der Waals surface area (Å²) in [7, 11) is 0. The Bertz CT molecular complexity index is 964. The van der Waals surface area contributed by atoms with Crippen LogP contribution in [0.5, 0.6) is 0 Å². The highest BCUT2D eigenvalue weighted by molar-refractivity contribution is 6.44. The van der Waals surface area contributed by atoms with Gasteiger partial charge in [0.25, 0.3) is 0 Å². The van der Waals surface area contributed by atoms with Gasteiger partial charge in [-0.2, -0.15) is 0 Å². The Morgan fingerprint density at radius 1 is 1.12 bits per heavy atom. The predicted octanol–water partition coefficient (Wildman–Crippen LogP) is 3.60. The van der Waals surface area contributed by atoms with Gasteiger partial charge in [-0.05, 0) is 37.3 Å². The van der Waals surface area contributed by atoms with Crippen LogP contribution >= 0.6 is 23.2 Å². The molecule has 8 heteroatoms. The molecule has 1 unspecified atom stereocenters. The highest BCUT2D eigenvalue weighted by Gasteiger charge is 2.15. The number of halogens is 2. The van der Waals surface area contributed by atoms with Crippen molar-refractivity contribution >= 4 is 51.5 Å². The summed E-state index contributed by atoms with van der Waals surface area (Å²) in [5.74, 6) is -0.262. The normalized spacial score (nSPS) is 12.1. The van der Waals surface area contributed by atoms with Gasteiger partial charge >= 0.3 is 5.69 Å². The average molecular weight is 365 g/mol. The lowest BCUT2D eigenvalue weighted by atomic mass is 10.2. The molecule has 0 fully saturated rings. The van der Waals surface area contributed by atoms with Crippen LogP contribution in [0.3, 0.4) is 0 Å². The Kier molecular flexibility index (Phi) is 4.51. The number of fused-ring (bicyclic) bond motifs is 1. The Balaban J connectivity index is 1.73. The number of rotatable bonds is 4. The van der Waals surface area contributed by atoms with Gasteiger partial charge in [-0.1, -0.05) is 29.3 Å². The van der Waals surface area contributed by atoms with E-state index in [1.165, 1.54) is 0 Å². The average Bonchev–Trinajstić information content (AvgIpc) is 2.91. The number of benzene rings is 2. The minimum Gasteiger partial charge on any atom is -0.374 e. The number of H-pyrrole nitrogens is 2. The van der Waals surface area contributed by atoms with Crippen LogP contribution in [-0.4, -0.2) is 21.9 Å². The molecule has 3 aromatic rings. The standard InChI is InChI=1S/C16H14Cl2N4O2/c1-8(15(23)20-12-4-2-3-10(17)14(12)18)19-9-5-6-11-13(7-9)22-16(24)21-11/h2-8,19H,1H3,(H,20,23)(H2,21,22,24). The molecule has 0 saturated carbocycles. The van der Waals surface area contributed by atoms with E-state index >= 15 is 0 Å². The molecule has 0 aliphatic carbocycles. The van der Waals surface area contributed by atoms with Gasteiger partial charge in [-0.15, -0.1) is 0 Å². The fourth-order valence-electron chi connectivity index (χ4n) is 2.28. The lowest BCUT2D eigenvalue weighted by Gasteiger charge is -2.16. The molecule has 0 saturated heterocycles. The maximum atomic E-state index is 12.3. The van der Waals surface area contributed by atoms with Crippen LogP contribution in [0.25, 0.3) is 11.0 Å². The molecular formula is C16H14Cl2N4O2. The molecule has 0 spiro atoms. The molecule has 0 bridgehead atoms. The molecule has 124 valence electrons.